The van der Waals surface area contributed by atoms with Crippen molar-refractivity contribution in [1.29, 1.82) is 0 Å². The number of alkyl halides is 3. The van der Waals surface area contributed by atoms with Gasteiger partial charge in [-0.05, 0) is 37.1 Å². The van der Waals surface area contributed by atoms with E-state index >= 15 is 0 Å². The molecule has 2 saturated heterocycles. The third-order valence-electron chi connectivity index (χ3n) is 7.11. The first-order chi connectivity index (χ1) is 17.3. The van der Waals surface area contributed by atoms with E-state index in [0.717, 1.165) is 11.2 Å². The largest absolute Gasteiger partial charge is 0.377 e. The number of rotatable bonds is 6. The first-order valence-electron chi connectivity index (χ1n) is 11.8. The number of hydrogen-bond donors (Lipinski definition) is 2. The van der Waals surface area contributed by atoms with Gasteiger partial charge in [-0.3, -0.25) is 14.7 Å². The Hall–Kier alpha value is -3.45. The molecule has 36 heavy (non-hydrogen) atoms. The molecule has 0 amide bonds. The van der Waals surface area contributed by atoms with Crippen LogP contribution < -0.4 is 10.9 Å². The van der Waals surface area contributed by atoms with E-state index in [1.807, 2.05) is 0 Å². The van der Waals surface area contributed by atoms with Crippen molar-refractivity contribution in [1.82, 2.24) is 34.5 Å². The molecule has 10 nitrogen and oxygen atoms in total. The van der Waals surface area contributed by atoms with Gasteiger partial charge in [0.05, 0.1) is 30.3 Å². The zero-order valence-corrected chi connectivity index (χ0v) is 19.5. The van der Waals surface area contributed by atoms with Crippen molar-refractivity contribution in [3.63, 3.8) is 0 Å². The van der Waals surface area contributed by atoms with Gasteiger partial charge in [-0.25, -0.2) is 22.4 Å². The van der Waals surface area contributed by atoms with E-state index in [2.05, 4.69) is 37.5 Å². The van der Waals surface area contributed by atoms with Crippen molar-refractivity contribution >= 4 is 22.5 Å². The van der Waals surface area contributed by atoms with Gasteiger partial charge in [0.25, 0.3) is 12.0 Å². The Morgan fingerprint density at radius 2 is 2.14 bits per heavy atom. The van der Waals surface area contributed by atoms with Crippen LogP contribution in [-0.4, -0.2) is 85.0 Å². The highest BCUT2D eigenvalue weighted by atomic mass is 19.3. The zero-order valence-electron chi connectivity index (χ0n) is 19.5. The van der Waals surface area contributed by atoms with Crippen molar-refractivity contribution in [2.45, 2.75) is 44.1 Å². The molecule has 0 unspecified atom stereocenters. The number of aromatic nitrogens is 6. The van der Waals surface area contributed by atoms with Crippen LogP contribution in [0.3, 0.4) is 0 Å². The van der Waals surface area contributed by atoms with E-state index in [1.54, 1.807) is 30.5 Å². The van der Waals surface area contributed by atoms with E-state index in [9.17, 15) is 18.0 Å². The Morgan fingerprint density at radius 3 is 2.86 bits per heavy atom. The van der Waals surface area contributed by atoms with Gasteiger partial charge < -0.3 is 10.1 Å². The Bertz CT molecular complexity index is 1480. The van der Waals surface area contributed by atoms with Crippen molar-refractivity contribution in [2.75, 3.05) is 31.6 Å². The Morgan fingerprint density at radius 1 is 1.31 bits per heavy atom. The summed E-state index contributed by atoms with van der Waals surface area (Å²) in [5, 5.41) is 15.2. The van der Waals surface area contributed by atoms with Crippen molar-refractivity contribution in [2.24, 2.45) is 0 Å². The second-order valence-corrected chi connectivity index (χ2v) is 9.68. The molecule has 2 fully saturated rings. The van der Waals surface area contributed by atoms with Crippen LogP contribution in [0.25, 0.3) is 27.7 Å². The lowest BCUT2D eigenvalue weighted by Gasteiger charge is -2.50. The monoisotopic (exact) mass is 502 g/mol. The number of H-pyrrole nitrogens is 1. The molecular formula is C23H25F3N8O2. The minimum Gasteiger partial charge on any atom is -0.377 e. The summed E-state index contributed by atoms with van der Waals surface area (Å²) in [6.45, 7) is 3.73. The second kappa shape index (κ2) is 8.59. The molecular weight excluding hydrogens is 477 g/mol. The summed E-state index contributed by atoms with van der Waals surface area (Å²) in [5.74, 6) is 0.184. The summed E-state index contributed by atoms with van der Waals surface area (Å²) in [6, 6.07) is 6.34. The molecule has 190 valence electrons. The number of piperidine rings is 1. The SMILES string of the molecule is CC1(N2CC[C@H](Nc3nn4ccc(-c5ccc6nnn(CC(F)F)c6c5)c4c(=O)[nH]3)[C@H](F)C2)COC1. The summed E-state index contributed by atoms with van der Waals surface area (Å²) < 4.78 is 48.7. The standard InChI is InChI=1S/C23H25F3N8O2/c1-23(11-36-12-23)32-6-5-16(15(24)9-32)27-22-28-21(35)20-14(4-7-33(20)30-22)13-2-3-17-18(8-13)34(31-29-17)10-19(25)26/h2-4,7-8,15-16,19H,5-6,9-12H2,1H3,(H2,27,28,30,35)/t15-,16+/m1/s1. The maximum Gasteiger partial charge on any atom is 0.277 e. The van der Waals surface area contributed by atoms with E-state index < -0.39 is 30.7 Å². The van der Waals surface area contributed by atoms with Crippen LogP contribution in [0.4, 0.5) is 19.1 Å². The number of halogens is 3. The maximum atomic E-state index is 15.0. The molecule has 13 heteroatoms. The molecule has 2 atom stereocenters. The lowest BCUT2D eigenvalue weighted by atomic mass is 9.92. The molecule has 5 heterocycles. The smallest absolute Gasteiger partial charge is 0.277 e. The first-order valence-corrected chi connectivity index (χ1v) is 11.8. The molecule has 0 aliphatic carbocycles. The Balaban J connectivity index is 1.25. The van der Waals surface area contributed by atoms with Gasteiger partial charge in [0, 0.05) is 24.8 Å². The molecule has 2 aliphatic heterocycles. The van der Waals surface area contributed by atoms with Gasteiger partial charge in [-0.2, -0.15) is 0 Å². The number of fused-ring (bicyclic) bond motifs is 2. The van der Waals surface area contributed by atoms with Crippen LogP contribution in [-0.2, 0) is 11.3 Å². The lowest BCUT2D eigenvalue weighted by Crippen LogP contribution is -2.64. The van der Waals surface area contributed by atoms with Gasteiger partial charge in [0.2, 0.25) is 5.95 Å². The highest BCUT2D eigenvalue weighted by molar-refractivity contribution is 5.87. The van der Waals surface area contributed by atoms with Crippen LogP contribution in [0.2, 0.25) is 0 Å². The summed E-state index contributed by atoms with van der Waals surface area (Å²) >= 11 is 0. The van der Waals surface area contributed by atoms with Gasteiger partial charge in [0.1, 0.15) is 23.7 Å². The minimum atomic E-state index is -2.57. The normalized spacial score (nSPS) is 22.4. The quantitative estimate of drug-likeness (QED) is 0.417. The summed E-state index contributed by atoms with van der Waals surface area (Å²) in [5.41, 5.74) is 1.91. The molecule has 6 rings (SSSR count). The summed E-state index contributed by atoms with van der Waals surface area (Å²) in [7, 11) is 0. The lowest BCUT2D eigenvalue weighted by molar-refractivity contribution is -0.142. The van der Waals surface area contributed by atoms with Crippen molar-refractivity contribution < 1.29 is 17.9 Å². The fraction of sp³-hybridized carbons (Fsp3) is 0.478. The Kier molecular flexibility index (Phi) is 5.48. The molecule has 1 aromatic carbocycles. The zero-order chi connectivity index (χ0) is 25.0. The average molecular weight is 503 g/mol. The van der Waals surface area contributed by atoms with Crippen LogP contribution in [0, 0.1) is 0 Å². The molecule has 0 bridgehead atoms. The number of aromatic amines is 1. The number of nitrogens with zero attached hydrogens (tertiary/aromatic N) is 6. The van der Waals surface area contributed by atoms with Crippen LogP contribution >= 0.6 is 0 Å². The highest BCUT2D eigenvalue weighted by Crippen LogP contribution is 2.30. The maximum absolute atomic E-state index is 15.0. The first kappa shape index (κ1) is 23.0. The van der Waals surface area contributed by atoms with Crippen molar-refractivity contribution in [3.8, 4) is 11.1 Å². The number of anilines is 1. The fourth-order valence-electron chi connectivity index (χ4n) is 5.04. The van der Waals surface area contributed by atoms with E-state index in [0.29, 0.717) is 41.8 Å². The van der Waals surface area contributed by atoms with Crippen LogP contribution in [0.5, 0.6) is 0 Å². The van der Waals surface area contributed by atoms with E-state index in [4.69, 9.17) is 4.74 Å². The molecule has 4 aromatic rings. The third-order valence-corrected chi connectivity index (χ3v) is 7.11. The molecule has 0 radical (unpaired) electrons. The molecule has 2 N–H and O–H groups in total. The van der Waals surface area contributed by atoms with Gasteiger partial charge in [-0.15, -0.1) is 10.2 Å². The third kappa shape index (κ3) is 3.91. The molecule has 3 aromatic heterocycles. The fourth-order valence-corrected chi connectivity index (χ4v) is 5.04. The number of ether oxygens (including phenoxy) is 1. The molecule has 2 aliphatic rings. The van der Waals surface area contributed by atoms with Crippen LogP contribution in [0.1, 0.15) is 13.3 Å². The van der Waals surface area contributed by atoms with Gasteiger partial charge >= 0.3 is 0 Å². The molecule has 0 spiro atoms. The highest BCUT2D eigenvalue weighted by Gasteiger charge is 2.43. The molecule has 0 saturated carbocycles. The predicted octanol–water partition coefficient (Wildman–Crippen LogP) is 2.31. The topological polar surface area (TPSA) is 105 Å². The second-order valence-electron chi connectivity index (χ2n) is 9.68. The number of hydrogen-bond acceptors (Lipinski definition) is 7. The number of benzene rings is 1. The predicted molar refractivity (Wildman–Crippen MR) is 126 cm³/mol. The van der Waals surface area contributed by atoms with Gasteiger partial charge in [0.15, 0.2) is 0 Å². The minimum absolute atomic E-state index is 0.113. The summed E-state index contributed by atoms with van der Waals surface area (Å²) in [4.78, 5) is 17.9. The average Bonchev–Trinajstić information content (AvgIpc) is 3.43. The van der Waals surface area contributed by atoms with E-state index in [-0.39, 0.29) is 23.5 Å². The number of nitrogens with one attached hydrogen (secondary N) is 2. The summed E-state index contributed by atoms with van der Waals surface area (Å²) in [6.07, 6.45) is -1.50. The van der Waals surface area contributed by atoms with Gasteiger partial charge in [-0.1, -0.05) is 11.3 Å². The van der Waals surface area contributed by atoms with E-state index in [1.165, 1.54) is 4.52 Å². The number of likely N-dealkylation sites (tertiary alicyclic amines) is 1. The van der Waals surface area contributed by atoms with Crippen LogP contribution in [0.15, 0.2) is 35.3 Å². The van der Waals surface area contributed by atoms with Crippen molar-refractivity contribution in [3.05, 3.63) is 40.8 Å². The Labute approximate surface area is 203 Å².